The molecule has 0 unspecified atom stereocenters. The van der Waals surface area contributed by atoms with Crippen LogP contribution in [0, 0.1) is 5.92 Å². The predicted octanol–water partition coefficient (Wildman–Crippen LogP) is 3.28. The normalized spacial score (nSPS) is 14.2. The summed E-state index contributed by atoms with van der Waals surface area (Å²) >= 11 is 0. The van der Waals surface area contributed by atoms with Gasteiger partial charge in [0.05, 0.1) is 11.9 Å². The molecule has 0 bridgehead atoms. The van der Waals surface area contributed by atoms with Gasteiger partial charge < -0.3 is 10.2 Å². The number of nitrogens with one attached hydrogen (secondary N) is 1. The zero-order chi connectivity index (χ0) is 15.8. The molecule has 1 N–H and O–H groups in total. The van der Waals surface area contributed by atoms with Crippen LogP contribution in [0.15, 0.2) is 42.9 Å². The monoisotopic (exact) mass is 307 g/mol. The van der Waals surface area contributed by atoms with Crippen LogP contribution < -0.4 is 10.2 Å². The molecular formula is C18H21N5. The molecule has 0 aliphatic heterocycles. The van der Waals surface area contributed by atoms with Crippen molar-refractivity contribution in [2.45, 2.75) is 12.8 Å². The highest BCUT2D eigenvalue weighted by molar-refractivity contribution is 5.71. The van der Waals surface area contributed by atoms with Crippen molar-refractivity contribution in [1.82, 2.24) is 14.4 Å². The fourth-order valence-electron chi connectivity index (χ4n) is 2.75. The number of hydrogen-bond acceptors (Lipinski definition) is 4. The molecule has 4 rings (SSSR count). The Morgan fingerprint density at radius 2 is 1.96 bits per heavy atom. The molecule has 1 aromatic carbocycles. The third-order valence-corrected chi connectivity index (χ3v) is 4.36. The van der Waals surface area contributed by atoms with Gasteiger partial charge in [-0.05, 0) is 30.9 Å². The average molecular weight is 307 g/mol. The molecule has 0 saturated heterocycles. The third-order valence-electron chi connectivity index (χ3n) is 4.36. The molecular weight excluding hydrogens is 286 g/mol. The van der Waals surface area contributed by atoms with Gasteiger partial charge in [-0.15, -0.1) is 0 Å². The standard InChI is InChI=1S/C18H21N5/c1-22(2)15-7-5-14(6-8-15)16-12-21-18-17(19-9-10-23(16)18)20-11-13-3-4-13/h5-10,12-13H,3-4,11H2,1-2H3,(H,19,20). The van der Waals surface area contributed by atoms with Crippen molar-refractivity contribution in [2.75, 3.05) is 30.9 Å². The van der Waals surface area contributed by atoms with E-state index in [-0.39, 0.29) is 0 Å². The van der Waals surface area contributed by atoms with Crippen molar-refractivity contribution >= 4 is 17.2 Å². The lowest BCUT2D eigenvalue weighted by molar-refractivity contribution is 0.881. The minimum atomic E-state index is 0.810. The van der Waals surface area contributed by atoms with E-state index in [0.29, 0.717) is 0 Å². The van der Waals surface area contributed by atoms with Crippen molar-refractivity contribution in [3.63, 3.8) is 0 Å². The number of rotatable bonds is 5. The van der Waals surface area contributed by atoms with Crippen LogP contribution in [0.4, 0.5) is 11.5 Å². The number of imidazole rings is 1. The summed E-state index contributed by atoms with van der Waals surface area (Å²) in [7, 11) is 4.10. The van der Waals surface area contributed by atoms with Crippen molar-refractivity contribution in [2.24, 2.45) is 5.92 Å². The first kappa shape index (κ1) is 14.1. The van der Waals surface area contributed by atoms with E-state index in [1.807, 2.05) is 32.7 Å². The van der Waals surface area contributed by atoms with E-state index in [1.165, 1.54) is 18.5 Å². The molecule has 0 amide bonds. The van der Waals surface area contributed by atoms with Gasteiger partial charge in [0.1, 0.15) is 0 Å². The predicted molar refractivity (Wildman–Crippen MR) is 94.0 cm³/mol. The summed E-state index contributed by atoms with van der Waals surface area (Å²) in [5.74, 6) is 1.68. The Kier molecular flexibility index (Phi) is 3.41. The van der Waals surface area contributed by atoms with Gasteiger partial charge in [-0.25, -0.2) is 9.97 Å². The summed E-state index contributed by atoms with van der Waals surface area (Å²) in [6.45, 7) is 0.992. The van der Waals surface area contributed by atoms with E-state index in [4.69, 9.17) is 0 Å². The zero-order valence-corrected chi connectivity index (χ0v) is 13.5. The molecule has 3 aromatic rings. The first-order valence-corrected chi connectivity index (χ1v) is 8.06. The van der Waals surface area contributed by atoms with Gasteiger partial charge in [0.2, 0.25) is 0 Å². The number of aromatic nitrogens is 3. The van der Waals surface area contributed by atoms with Crippen LogP contribution in [0.3, 0.4) is 0 Å². The molecule has 5 nitrogen and oxygen atoms in total. The Morgan fingerprint density at radius 3 is 2.65 bits per heavy atom. The second-order valence-corrected chi connectivity index (χ2v) is 6.38. The van der Waals surface area contributed by atoms with Crippen molar-refractivity contribution < 1.29 is 0 Å². The Balaban J connectivity index is 1.68. The van der Waals surface area contributed by atoms with Gasteiger partial charge >= 0.3 is 0 Å². The molecule has 1 saturated carbocycles. The Morgan fingerprint density at radius 1 is 1.17 bits per heavy atom. The Hall–Kier alpha value is -2.56. The minimum Gasteiger partial charge on any atom is -0.378 e. The van der Waals surface area contributed by atoms with Crippen molar-refractivity contribution in [1.29, 1.82) is 0 Å². The number of fused-ring (bicyclic) bond motifs is 1. The topological polar surface area (TPSA) is 45.5 Å². The maximum atomic E-state index is 4.58. The largest absolute Gasteiger partial charge is 0.378 e. The molecule has 1 aliphatic carbocycles. The number of hydrogen-bond donors (Lipinski definition) is 1. The molecule has 1 aliphatic rings. The van der Waals surface area contributed by atoms with Crippen LogP contribution in [-0.2, 0) is 0 Å². The highest BCUT2D eigenvalue weighted by Crippen LogP contribution is 2.30. The van der Waals surface area contributed by atoms with Crippen LogP contribution in [0.5, 0.6) is 0 Å². The molecule has 0 radical (unpaired) electrons. The van der Waals surface area contributed by atoms with Crippen molar-refractivity contribution in [3.8, 4) is 11.3 Å². The maximum Gasteiger partial charge on any atom is 0.180 e. The molecule has 118 valence electrons. The molecule has 2 heterocycles. The second-order valence-electron chi connectivity index (χ2n) is 6.38. The van der Waals surface area contributed by atoms with Gasteiger partial charge in [-0.1, -0.05) is 12.1 Å². The van der Waals surface area contributed by atoms with Gasteiger partial charge in [-0.2, -0.15) is 0 Å². The Bertz CT molecular complexity index is 815. The van der Waals surface area contributed by atoms with Crippen LogP contribution in [0.1, 0.15) is 12.8 Å². The number of anilines is 2. The molecule has 0 spiro atoms. The Labute approximate surface area is 136 Å². The SMILES string of the molecule is CN(C)c1ccc(-c2cnc3c(NCC4CC4)nccn23)cc1. The third kappa shape index (κ3) is 2.74. The van der Waals surface area contributed by atoms with E-state index < -0.39 is 0 Å². The molecule has 0 atom stereocenters. The van der Waals surface area contributed by atoms with Crippen LogP contribution in [0.25, 0.3) is 16.9 Å². The second kappa shape index (κ2) is 5.57. The highest BCUT2D eigenvalue weighted by atomic mass is 15.1. The molecule has 2 aromatic heterocycles. The zero-order valence-electron chi connectivity index (χ0n) is 13.5. The minimum absolute atomic E-state index is 0.810. The van der Waals surface area contributed by atoms with Gasteiger partial charge in [0.25, 0.3) is 0 Å². The fraction of sp³-hybridized carbons (Fsp3) is 0.333. The first-order chi connectivity index (χ1) is 11.2. The quantitative estimate of drug-likeness (QED) is 0.785. The van der Waals surface area contributed by atoms with Gasteiger partial charge in [-0.3, -0.25) is 4.40 Å². The van der Waals surface area contributed by atoms with Gasteiger partial charge in [0, 0.05) is 44.3 Å². The van der Waals surface area contributed by atoms with E-state index in [9.17, 15) is 0 Å². The first-order valence-electron chi connectivity index (χ1n) is 8.06. The fourth-order valence-corrected chi connectivity index (χ4v) is 2.75. The lowest BCUT2D eigenvalue weighted by Gasteiger charge is -2.12. The maximum absolute atomic E-state index is 4.58. The van der Waals surface area contributed by atoms with E-state index in [1.54, 1.807) is 0 Å². The molecule has 5 heteroatoms. The van der Waals surface area contributed by atoms with Crippen LogP contribution in [0.2, 0.25) is 0 Å². The van der Waals surface area contributed by atoms with E-state index >= 15 is 0 Å². The molecule has 23 heavy (non-hydrogen) atoms. The van der Waals surface area contributed by atoms with Crippen LogP contribution >= 0.6 is 0 Å². The smallest absolute Gasteiger partial charge is 0.180 e. The number of benzene rings is 1. The summed E-state index contributed by atoms with van der Waals surface area (Å²) in [6.07, 6.45) is 8.38. The average Bonchev–Trinajstić information content (AvgIpc) is 3.30. The highest BCUT2D eigenvalue weighted by Gasteiger charge is 2.21. The van der Waals surface area contributed by atoms with Gasteiger partial charge in [0.15, 0.2) is 11.5 Å². The summed E-state index contributed by atoms with van der Waals surface area (Å²) in [5.41, 5.74) is 4.32. The number of nitrogens with zero attached hydrogens (tertiary/aromatic N) is 4. The lowest BCUT2D eigenvalue weighted by Crippen LogP contribution is -2.08. The molecule has 1 fully saturated rings. The summed E-state index contributed by atoms with van der Waals surface area (Å²) in [4.78, 5) is 11.1. The van der Waals surface area contributed by atoms with Crippen LogP contribution in [-0.4, -0.2) is 35.0 Å². The lowest BCUT2D eigenvalue weighted by atomic mass is 10.1. The summed E-state index contributed by atoms with van der Waals surface area (Å²) in [5, 5.41) is 3.44. The van der Waals surface area contributed by atoms with Crippen molar-refractivity contribution in [3.05, 3.63) is 42.9 Å². The van der Waals surface area contributed by atoms with E-state index in [0.717, 1.165) is 35.2 Å². The summed E-state index contributed by atoms with van der Waals surface area (Å²) in [6, 6.07) is 8.53. The van der Waals surface area contributed by atoms with E-state index in [2.05, 4.69) is 48.9 Å². The summed E-state index contributed by atoms with van der Waals surface area (Å²) < 4.78 is 2.10.